The van der Waals surface area contributed by atoms with E-state index in [0.717, 1.165) is 76.4 Å². The first-order valence-corrected chi connectivity index (χ1v) is 8.78. The van der Waals surface area contributed by atoms with Gasteiger partial charge in [0.2, 0.25) is 0 Å². The summed E-state index contributed by atoms with van der Waals surface area (Å²) in [6.45, 7) is 10.1. The Bertz CT molecular complexity index is 451. The summed E-state index contributed by atoms with van der Waals surface area (Å²) >= 11 is 0. The highest BCUT2D eigenvalue weighted by Gasteiger charge is 2.17. The van der Waals surface area contributed by atoms with Gasteiger partial charge < -0.3 is 9.80 Å². The second-order valence-electron chi connectivity index (χ2n) is 6.11. The summed E-state index contributed by atoms with van der Waals surface area (Å²) in [7, 11) is 0. The maximum absolute atomic E-state index is 11.8. The van der Waals surface area contributed by atoms with Gasteiger partial charge in [-0.1, -0.05) is 13.8 Å². The van der Waals surface area contributed by atoms with Gasteiger partial charge in [-0.25, -0.2) is 10.9 Å². The number of amides is 2. The van der Waals surface area contributed by atoms with Crippen LogP contribution in [0.4, 0.5) is 0 Å². The minimum Gasteiger partial charge on any atom is -0.303 e. The highest BCUT2D eigenvalue weighted by Crippen LogP contribution is 2.07. The predicted octanol–water partition coefficient (Wildman–Crippen LogP) is 0.162. The SMILES string of the molecule is CCN1CCC(=NNC(=O)C(=O)NN=C2CCN(CC)CC2)CC1. The number of carbonyl (C=O) groups is 2. The van der Waals surface area contributed by atoms with E-state index < -0.39 is 11.8 Å². The van der Waals surface area contributed by atoms with Crippen LogP contribution in [-0.4, -0.2) is 72.3 Å². The zero-order chi connectivity index (χ0) is 17.4. The molecule has 0 aliphatic carbocycles. The van der Waals surface area contributed by atoms with Crippen molar-refractivity contribution in [3.8, 4) is 0 Å². The molecule has 0 aromatic rings. The van der Waals surface area contributed by atoms with Crippen molar-refractivity contribution in [1.82, 2.24) is 20.7 Å². The lowest BCUT2D eigenvalue weighted by molar-refractivity contribution is -0.139. The number of nitrogens with one attached hydrogen (secondary N) is 2. The molecule has 134 valence electrons. The Balaban J connectivity index is 1.72. The molecule has 0 aromatic carbocycles. The van der Waals surface area contributed by atoms with Gasteiger partial charge in [-0.3, -0.25) is 9.59 Å². The maximum atomic E-state index is 11.8. The van der Waals surface area contributed by atoms with Crippen LogP contribution in [-0.2, 0) is 9.59 Å². The van der Waals surface area contributed by atoms with Crippen LogP contribution in [0.2, 0.25) is 0 Å². The molecular weight excluding hydrogens is 308 g/mol. The zero-order valence-corrected chi connectivity index (χ0v) is 14.7. The zero-order valence-electron chi connectivity index (χ0n) is 14.7. The first-order valence-electron chi connectivity index (χ1n) is 8.78. The van der Waals surface area contributed by atoms with Crippen LogP contribution in [0.5, 0.6) is 0 Å². The topological polar surface area (TPSA) is 89.4 Å². The third-order valence-corrected chi connectivity index (χ3v) is 4.60. The molecule has 2 aliphatic heterocycles. The number of nitrogens with zero attached hydrogens (tertiary/aromatic N) is 4. The molecule has 0 bridgehead atoms. The normalized spacial score (nSPS) is 19.8. The average molecular weight is 336 g/mol. The molecule has 0 radical (unpaired) electrons. The van der Waals surface area contributed by atoms with Crippen molar-refractivity contribution in [2.45, 2.75) is 39.5 Å². The lowest BCUT2D eigenvalue weighted by atomic mass is 10.1. The van der Waals surface area contributed by atoms with Crippen molar-refractivity contribution in [2.75, 3.05) is 39.3 Å². The van der Waals surface area contributed by atoms with Gasteiger partial charge in [0.15, 0.2) is 0 Å². The van der Waals surface area contributed by atoms with Crippen molar-refractivity contribution in [3.63, 3.8) is 0 Å². The molecule has 8 nitrogen and oxygen atoms in total. The second-order valence-corrected chi connectivity index (χ2v) is 6.11. The monoisotopic (exact) mass is 336 g/mol. The Morgan fingerprint density at radius 1 is 0.792 bits per heavy atom. The van der Waals surface area contributed by atoms with E-state index in [1.807, 2.05) is 0 Å². The standard InChI is InChI=1S/C16H28N6O2/c1-3-21-9-5-13(6-10-21)17-19-15(23)16(24)20-18-14-7-11-22(4-2)12-8-14/h3-12H2,1-2H3,(H,19,23)(H,20,24). The number of hydrogen-bond acceptors (Lipinski definition) is 6. The van der Waals surface area contributed by atoms with Gasteiger partial charge in [-0.2, -0.15) is 10.2 Å². The second kappa shape index (κ2) is 9.48. The molecule has 24 heavy (non-hydrogen) atoms. The summed E-state index contributed by atoms with van der Waals surface area (Å²) in [5.74, 6) is -1.54. The molecule has 0 atom stereocenters. The molecule has 2 aliphatic rings. The van der Waals surface area contributed by atoms with Crippen molar-refractivity contribution in [3.05, 3.63) is 0 Å². The number of likely N-dealkylation sites (tertiary alicyclic amines) is 2. The van der Waals surface area contributed by atoms with E-state index in [-0.39, 0.29) is 0 Å². The van der Waals surface area contributed by atoms with Gasteiger partial charge in [0, 0.05) is 63.3 Å². The van der Waals surface area contributed by atoms with Gasteiger partial charge >= 0.3 is 11.8 Å². The summed E-state index contributed by atoms with van der Waals surface area (Å²) < 4.78 is 0. The average Bonchev–Trinajstić information content (AvgIpc) is 2.64. The van der Waals surface area contributed by atoms with E-state index in [4.69, 9.17) is 0 Å². The van der Waals surface area contributed by atoms with Crippen LogP contribution < -0.4 is 10.9 Å². The van der Waals surface area contributed by atoms with E-state index in [0.29, 0.717) is 0 Å². The Morgan fingerprint density at radius 2 is 1.12 bits per heavy atom. The Kier molecular flexibility index (Phi) is 7.33. The minimum absolute atomic E-state index is 0.768. The van der Waals surface area contributed by atoms with Gasteiger partial charge in [-0.15, -0.1) is 0 Å². The molecule has 2 saturated heterocycles. The Hall–Kier alpha value is -1.80. The lowest BCUT2D eigenvalue weighted by Gasteiger charge is -2.25. The van der Waals surface area contributed by atoms with Crippen LogP contribution in [0.15, 0.2) is 10.2 Å². The minimum atomic E-state index is -0.768. The van der Waals surface area contributed by atoms with Crippen molar-refractivity contribution < 1.29 is 9.59 Å². The summed E-state index contributed by atoms with van der Waals surface area (Å²) in [6, 6.07) is 0. The van der Waals surface area contributed by atoms with Gasteiger partial charge in [0.25, 0.3) is 0 Å². The van der Waals surface area contributed by atoms with Crippen molar-refractivity contribution >= 4 is 23.2 Å². The Morgan fingerprint density at radius 3 is 1.42 bits per heavy atom. The van der Waals surface area contributed by atoms with Crippen LogP contribution in [0, 0.1) is 0 Å². The molecule has 2 amide bonds. The fraction of sp³-hybridized carbons (Fsp3) is 0.750. The fourth-order valence-electron chi connectivity index (χ4n) is 2.84. The molecule has 2 rings (SSSR count). The number of carbonyl (C=O) groups excluding carboxylic acids is 2. The molecule has 0 aromatic heterocycles. The quantitative estimate of drug-likeness (QED) is 0.565. The number of hydrazone groups is 2. The number of piperidine rings is 2. The maximum Gasteiger partial charge on any atom is 0.331 e. The smallest absolute Gasteiger partial charge is 0.303 e. The third-order valence-electron chi connectivity index (χ3n) is 4.60. The molecular formula is C16H28N6O2. The lowest BCUT2D eigenvalue weighted by Crippen LogP contribution is -2.39. The summed E-state index contributed by atoms with van der Waals surface area (Å²) in [5, 5.41) is 8.13. The molecule has 2 heterocycles. The van der Waals surface area contributed by atoms with Crippen LogP contribution >= 0.6 is 0 Å². The van der Waals surface area contributed by atoms with Gasteiger partial charge in [-0.05, 0) is 13.1 Å². The Labute approximate surface area is 143 Å². The first kappa shape index (κ1) is 18.5. The number of rotatable bonds is 4. The van der Waals surface area contributed by atoms with Crippen molar-refractivity contribution in [1.29, 1.82) is 0 Å². The van der Waals surface area contributed by atoms with E-state index in [9.17, 15) is 9.59 Å². The van der Waals surface area contributed by atoms with Crippen LogP contribution in [0.25, 0.3) is 0 Å². The molecule has 2 fully saturated rings. The third kappa shape index (κ3) is 5.68. The van der Waals surface area contributed by atoms with Crippen LogP contribution in [0.1, 0.15) is 39.5 Å². The van der Waals surface area contributed by atoms with E-state index in [1.165, 1.54) is 0 Å². The van der Waals surface area contributed by atoms with E-state index in [1.54, 1.807) is 0 Å². The van der Waals surface area contributed by atoms with Crippen molar-refractivity contribution in [2.24, 2.45) is 10.2 Å². The summed E-state index contributed by atoms with van der Waals surface area (Å²) in [4.78, 5) is 28.2. The van der Waals surface area contributed by atoms with Crippen LogP contribution in [0.3, 0.4) is 0 Å². The molecule has 8 heteroatoms. The summed E-state index contributed by atoms with van der Waals surface area (Å²) in [6.07, 6.45) is 3.30. The van der Waals surface area contributed by atoms with Gasteiger partial charge in [0.1, 0.15) is 0 Å². The van der Waals surface area contributed by atoms with E-state index >= 15 is 0 Å². The van der Waals surface area contributed by atoms with E-state index in [2.05, 4.69) is 44.7 Å². The first-order chi connectivity index (χ1) is 11.6. The highest BCUT2D eigenvalue weighted by atomic mass is 16.2. The predicted molar refractivity (Wildman–Crippen MR) is 93.9 cm³/mol. The highest BCUT2D eigenvalue weighted by molar-refractivity contribution is 6.35. The molecule has 0 unspecified atom stereocenters. The molecule has 2 N–H and O–H groups in total. The summed E-state index contributed by atoms with van der Waals surface area (Å²) in [5.41, 5.74) is 6.52. The largest absolute Gasteiger partial charge is 0.331 e. The fourth-order valence-corrected chi connectivity index (χ4v) is 2.84. The van der Waals surface area contributed by atoms with Gasteiger partial charge in [0.05, 0.1) is 0 Å². The molecule has 0 spiro atoms. The number of hydrogen-bond donors (Lipinski definition) is 2. The molecule has 0 saturated carbocycles.